The predicted octanol–water partition coefficient (Wildman–Crippen LogP) is 5.69. The molecule has 0 aliphatic rings. The molecule has 0 rings (SSSR count). The maximum atomic E-state index is 4.44. The van der Waals surface area contributed by atoms with E-state index in [2.05, 4.69) is 48.2 Å². The average molecular weight is 286 g/mol. The van der Waals surface area contributed by atoms with Crippen LogP contribution in [0.4, 0.5) is 0 Å². The Hall–Kier alpha value is -0.450. The van der Waals surface area contributed by atoms with E-state index in [9.17, 15) is 0 Å². The molecule has 0 bridgehead atoms. The Bertz CT molecular complexity index is 309. The van der Waals surface area contributed by atoms with Gasteiger partial charge in [0, 0.05) is 0 Å². The smallest absolute Gasteiger partial charge is 0.123 e. The van der Waals surface area contributed by atoms with Crippen LogP contribution in [0.25, 0.3) is 0 Å². The van der Waals surface area contributed by atoms with Gasteiger partial charge in [0.25, 0.3) is 0 Å². The summed E-state index contributed by atoms with van der Waals surface area (Å²) in [5, 5.41) is 17.6. The highest BCUT2D eigenvalue weighted by Crippen LogP contribution is 2.39. The van der Waals surface area contributed by atoms with Gasteiger partial charge in [0.1, 0.15) is 9.74 Å². The molecule has 112 valence electrons. The van der Waals surface area contributed by atoms with Crippen LogP contribution < -0.4 is 0 Å². The first-order chi connectivity index (χ1) is 8.12. The molecule has 0 aromatic rings. The molecule has 0 spiro atoms. The lowest BCUT2D eigenvalue weighted by Gasteiger charge is -2.28. The highest BCUT2D eigenvalue weighted by atomic mass is 32.2. The summed E-state index contributed by atoms with van der Waals surface area (Å²) >= 11 is 1.66. The molecule has 4 nitrogen and oxygen atoms in total. The standard InChI is InChI=1S/C14H30N4S/c1-11(2,3)15-17-13(7,8)19-14(9,10)18-16-12(4,5)6/h1-10H3. The zero-order chi connectivity index (χ0) is 15.5. The van der Waals surface area contributed by atoms with E-state index in [1.807, 2.05) is 41.5 Å². The quantitative estimate of drug-likeness (QED) is 0.612. The fourth-order valence-corrected chi connectivity index (χ4v) is 2.58. The van der Waals surface area contributed by atoms with Crippen LogP contribution in [0.5, 0.6) is 0 Å². The van der Waals surface area contributed by atoms with Gasteiger partial charge in [-0.3, -0.25) is 0 Å². The number of azo groups is 2. The molecule has 0 atom stereocenters. The lowest BCUT2D eigenvalue weighted by Crippen LogP contribution is -2.24. The molecule has 0 saturated heterocycles. The van der Waals surface area contributed by atoms with Gasteiger partial charge in [-0.2, -0.15) is 20.5 Å². The molecule has 0 amide bonds. The second kappa shape index (κ2) is 5.90. The molecule has 0 aliphatic carbocycles. The van der Waals surface area contributed by atoms with Crippen molar-refractivity contribution in [1.82, 2.24) is 0 Å². The highest BCUT2D eigenvalue weighted by Gasteiger charge is 2.30. The van der Waals surface area contributed by atoms with E-state index in [0.717, 1.165) is 0 Å². The first kappa shape index (κ1) is 18.6. The Labute approximate surface area is 123 Å². The summed E-state index contributed by atoms with van der Waals surface area (Å²) in [7, 11) is 0. The van der Waals surface area contributed by atoms with E-state index in [1.165, 1.54) is 0 Å². The van der Waals surface area contributed by atoms with Crippen molar-refractivity contribution >= 4 is 11.8 Å². The minimum atomic E-state index is -0.312. The van der Waals surface area contributed by atoms with Crippen LogP contribution in [0, 0.1) is 0 Å². The molecule has 0 N–H and O–H groups in total. The number of hydrogen-bond acceptors (Lipinski definition) is 5. The van der Waals surface area contributed by atoms with Crippen LogP contribution in [0.15, 0.2) is 20.5 Å². The van der Waals surface area contributed by atoms with Gasteiger partial charge in [-0.1, -0.05) is 11.8 Å². The van der Waals surface area contributed by atoms with Gasteiger partial charge in [-0.05, 0) is 69.2 Å². The number of nitrogens with zero attached hydrogens (tertiary/aromatic N) is 4. The zero-order valence-electron chi connectivity index (χ0n) is 14.2. The summed E-state index contributed by atoms with van der Waals surface area (Å²) < 4.78 is 0. The van der Waals surface area contributed by atoms with Gasteiger partial charge in [0.05, 0.1) is 11.1 Å². The lowest BCUT2D eigenvalue weighted by atomic mass is 10.1. The number of hydrogen-bond donors (Lipinski definition) is 0. The van der Waals surface area contributed by atoms with Gasteiger partial charge in [0.2, 0.25) is 0 Å². The molecule has 0 aliphatic heterocycles. The van der Waals surface area contributed by atoms with E-state index >= 15 is 0 Å². The fourth-order valence-electron chi connectivity index (χ4n) is 1.19. The summed E-state index contributed by atoms with van der Waals surface area (Å²) in [6.07, 6.45) is 0. The van der Waals surface area contributed by atoms with Crippen molar-refractivity contribution in [1.29, 1.82) is 0 Å². The van der Waals surface area contributed by atoms with Gasteiger partial charge >= 0.3 is 0 Å². The highest BCUT2D eigenvalue weighted by molar-refractivity contribution is 8.01. The minimum Gasteiger partial charge on any atom is -0.187 e. The normalized spacial score (nSPS) is 15.7. The number of rotatable bonds is 4. The van der Waals surface area contributed by atoms with Crippen LogP contribution in [0.1, 0.15) is 69.2 Å². The largest absolute Gasteiger partial charge is 0.187 e. The molecule has 0 aromatic carbocycles. The predicted molar refractivity (Wildman–Crippen MR) is 85.0 cm³/mol. The lowest BCUT2D eigenvalue weighted by molar-refractivity contribution is 0.500. The van der Waals surface area contributed by atoms with Gasteiger partial charge in [-0.15, -0.1) is 0 Å². The SMILES string of the molecule is CC(C)(C)N=NC(C)(C)SC(C)(C)N=NC(C)(C)C. The van der Waals surface area contributed by atoms with Crippen LogP contribution in [-0.4, -0.2) is 20.8 Å². The summed E-state index contributed by atoms with van der Waals surface area (Å²) in [6, 6.07) is 0. The molecule has 5 heteroatoms. The molecule has 19 heavy (non-hydrogen) atoms. The Balaban J connectivity index is 4.82. The molecule has 0 saturated carbocycles. The second-order valence-electron chi connectivity index (χ2n) is 7.74. The van der Waals surface area contributed by atoms with Crippen molar-refractivity contribution < 1.29 is 0 Å². The van der Waals surface area contributed by atoms with Crippen LogP contribution >= 0.6 is 11.8 Å². The molecular weight excluding hydrogens is 256 g/mol. The van der Waals surface area contributed by atoms with Gasteiger partial charge < -0.3 is 0 Å². The first-order valence-corrected chi connectivity index (χ1v) is 7.52. The van der Waals surface area contributed by atoms with Crippen molar-refractivity contribution in [2.24, 2.45) is 20.5 Å². The second-order valence-corrected chi connectivity index (χ2v) is 9.94. The van der Waals surface area contributed by atoms with Gasteiger partial charge in [-0.25, -0.2) is 0 Å². The molecule has 0 heterocycles. The minimum absolute atomic E-state index is 0.144. The van der Waals surface area contributed by atoms with Crippen molar-refractivity contribution in [2.45, 2.75) is 90.1 Å². The van der Waals surface area contributed by atoms with Crippen LogP contribution in [0.2, 0.25) is 0 Å². The van der Waals surface area contributed by atoms with Crippen LogP contribution in [-0.2, 0) is 0 Å². The summed E-state index contributed by atoms with van der Waals surface area (Å²) in [5.41, 5.74) is -0.288. The fraction of sp³-hybridized carbons (Fsp3) is 1.00. The van der Waals surface area contributed by atoms with Crippen molar-refractivity contribution in [3.63, 3.8) is 0 Å². The zero-order valence-corrected chi connectivity index (χ0v) is 15.0. The van der Waals surface area contributed by atoms with Gasteiger partial charge in [0.15, 0.2) is 0 Å². The summed E-state index contributed by atoms with van der Waals surface area (Å²) in [6.45, 7) is 20.5. The summed E-state index contributed by atoms with van der Waals surface area (Å²) in [5.74, 6) is 0. The third kappa shape index (κ3) is 11.1. The maximum absolute atomic E-state index is 4.44. The molecule has 0 radical (unpaired) electrons. The topological polar surface area (TPSA) is 49.4 Å². The van der Waals surface area contributed by atoms with Crippen LogP contribution in [0.3, 0.4) is 0 Å². The van der Waals surface area contributed by atoms with E-state index in [4.69, 9.17) is 0 Å². The van der Waals surface area contributed by atoms with Crippen molar-refractivity contribution in [3.8, 4) is 0 Å². The Morgan fingerprint density at radius 2 is 0.737 bits per heavy atom. The monoisotopic (exact) mass is 286 g/mol. The Morgan fingerprint density at radius 3 is 0.947 bits per heavy atom. The maximum Gasteiger partial charge on any atom is 0.123 e. The van der Waals surface area contributed by atoms with Crippen molar-refractivity contribution in [3.05, 3.63) is 0 Å². The molecular formula is C14H30N4S. The third-order valence-electron chi connectivity index (χ3n) is 1.68. The van der Waals surface area contributed by atoms with Crippen molar-refractivity contribution in [2.75, 3.05) is 0 Å². The molecule has 0 fully saturated rings. The first-order valence-electron chi connectivity index (χ1n) is 6.70. The number of thioether (sulfide) groups is 1. The van der Waals surface area contributed by atoms with E-state index in [1.54, 1.807) is 11.8 Å². The third-order valence-corrected chi connectivity index (χ3v) is 2.84. The Morgan fingerprint density at radius 1 is 0.474 bits per heavy atom. The summed E-state index contributed by atoms with van der Waals surface area (Å²) in [4.78, 5) is -0.624. The van der Waals surface area contributed by atoms with E-state index in [0.29, 0.717) is 0 Å². The molecule has 0 unspecified atom stereocenters. The molecule has 0 aromatic heterocycles. The van der Waals surface area contributed by atoms with E-state index in [-0.39, 0.29) is 20.8 Å². The van der Waals surface area contributed by atoms with E-state index < -0.39 is 0 Å². The Kier molecular flexibility index (Phi) is 5.76. The average Bonchev–Trinajstić information content (AvgIpc) is 2.09.